The Morgan fingerprint density at radius 3 is 2.41 bits per heavy atom. The van der Waals surface area contributed by atoms with E-state index in [9.17, 15) is 18.8 Å². The van der Waals surface area contributed by atoms with Crippen LogP contribution < -0.4 is 15.4 Å². The standard InChI is InChI=1S/C26H30FN3O4/c1-34-21-11-7-19(8-12-21)22(17-18-5-9-20(27)10-6-18)28-23(31)13-16-30-24(32)26(29-25(30)33)14-3-2-4-15-26/h5-12,22H,2-4,13-17H2,1H3,(H,28,31)(H,29,33). The van der Waals surface area contributed by atoms with Gasteiger partial charge in [-0.15, -0.1) is 0 Å². The van der Waals surface area contributed by atoms with Gasteiger partial charge in [-0.05, 0) is 54.7 Å². The van der Waals surface area contributed by atoms with Crippen molar-refractivity contribution in [3.8, 4) is 5.75 Å². The van der Waals surface area contributed by atoms with Gasteiger partial charge in [0.15, 0.2) is 0 Å². The van der Waals surface area contributed by atoms with E-state index < -0.39 is 11.6 Å². The molecular weight excluding hydrogens is 437 g/mol. The van der Waals surface area contributed by atoms with Crippen LogP contribution in [0.3, 0.4) is 0 Å². The van der Waals surface area contributed by atoms with E-state index in [1.807, 2.05) is 24.3 Å². The molecule has 1 unspecified atom stereocenters. The number of imide groups is 1. The number of rotatable bonds is 8. The van der Waals surface area contributed by atoms with Crippen molar-refractivity contribution in [3.05, 3.63) is 65.5 Å². The van der Waals surface area contributed by atoms with Gasteiger partial charge in [-0.25, -0.2) is 9.18 Å². The lowest BCUT2D eigenvalue weighted by atomic mass is 9.82. The van der Waals surface area contributed by atoms with Gasteiger partial charge in [-0.3, -0.25) is 14.5 Å². The lowest BCUT2D eigenvalue weighted by Crippen LogP contribution is -2.48. The molecule has 2 aliphatic rings. The van der Waals surface area contributed by atoms with Gasteiger partial charge < -0.3 is 15.4 Å². The molecule has 0 aromatic heterocycles. The van der Waals surface area contributed by atoms with Crippen molar-refractivity contribution in [1.29, 1.82) is 0 Å². The maximum atomic E-state index is 13.3. The summed E-state index contributed by atoms with van der Waals surface area (Å²) in [6.07, 6.45) is 4.65. The summed E-state index contributed by atoms with van der Waals surface area (Å²) in [5.74, 6) is -0.111. The number of nitrogens with zero attached hydrogens (tertiary/aromatic N) is 1. The van der Waals surface area contributed by atoms with E-state index in [0.717, 1.165) is 30.4 Å². The second kappa shape index (κ2) is 10.2. The normalized spacial score (nSPS) is 18.0. The van der Waals surface area contributed by atoms with Crippen molar-refractivity contribution in [2.24, 2.45) is 0 Å². The van der Waals surface area contributed by atoms with E-state index in [4.69, 9.17) is 4.74 Å². The minimum absolute atomic E-state index is 0.00527. The van der Waals surface area contributed by atoms with E-state index in [-0.39, 0.29) is 36.6 Å². The van der Waals surface area contributed by atoms with Crippen molar-refractivity contribution < 1.29 is 23.5 Å². The van der Waals surface area contributed by atoms with Crippen LogP contribution in [0.25, 0.3) is 0 Å². The minimum atomic E-state index is -0.792. The summed E-state index contributed by atoms with van der Waals surface area (Å²) in [4.78, 5) is 39.5. The van der Waals surface area contributed by atoms with E-state index in [0.29, 0.717) is 25.0 Å². The van der Waals surface area contributed by atoms with Gasteiger partial charge in [-0.1, -0.05) is 43.5 Å². The molecular formula is C26H30FN3O4. The fourth-order valence-electron chi connectivity index (χ4n) is 4.80. The molecule has 180 valence electrons. The third-order valence-corrected chi connectivity index (χ3v) is 6.72. The Labute approximate surface area is 198 Å². The summed E-state index contributed by atoms with van der Waals surface area (Å²) in [6, 6.07) is 12.8. The summed E-state index contributed by atoms with van der Waals surface area (Å²) in [5, 5.41) is 5.89. The second-order valence-electron chi connectivity index (χ2n) is 9.00. The van der Waals surface area contributed by atoms with Gasteiger partial charge in [0.2, 0.25) is 5.91 Å². The maximum Gasteiger partial charge on any atom is 0.325 e. The van der Waals surface area contributed by atoms with Gasteiger partial charge >= 0.3 is 6.03 Å². The molecule has 1 heterocycles. The number of hydrogen-bond donors (Lipinski definition) is 2. The van der Waals surface area contributed by atoms with Gasteiger partial charge in [0.05, 0.1) is 13.2 Å². The predicted octanol–water partition coefficient (Wildman–Crippen LogP) is 3.88. The number of benzene rings is 2. The molecule has 4 rings (SSSR count). The van der Waals surface area contributed by atoms with Crippen molar-refractivity contribution in [1.82, 2.24) is 15.5 Å². The Morgan fingerprint density at radius 1 is 1.09 bits per heavy atom. The lowest BCUT2D eigenvalue weighted by molar-refractivity contribution is -0.132. The predicted molar refractivity (Wildman–Crippen MR) is 125 cm³/mol. The fourth-order valence-corrected chi connectivity index (χ4v) is 4.80. The van der Waals surface area contributed by atoms with Crippen molar-refractivity contribution in [3.63, 3.8) is 0 Å². The third-order valence-electron chi connectivity index (χ3n) is 6.72. The zero-order chi connectivity index (χ0) is 24.1. The first-order valence-corrected chi connectivity index (χ1v) is 11.7. The van der Waals surface area contributed by atoms with Crippen molar-refractivity contribution in [2.45, 2.75) is 56.5 Å². The van der Waals surface area contributed by atoms with Crippen LogP contribution in [0.1, 0.15) is 55.7 Å². The van der Waals surface area contributed by atoms with E-state index in [2.05, 4.69) is 10.6 Å². The molecule has 1 saturated heterocycles. The number of nitrogens with one attached hydrogen (secondary N) is 2. The van der Waals surface area contributed by atoms with Crippen LogP contribution in [0.4, 0.5) is 9.18 Å². The zero-order valence-corrected chi connectivity index (χ0v) is 19.3. The smallest absolute Gasteiger partial charge is 0.325 e. The number of amides is 4. The highest BCUT2D eigenvalue weighted by atomic mass is 19.1. The van der Waals surface area contributed by atoms with Gasteiger partial charge in [-0.2, -0.15) is 0 Å². The summed E-state index contributed by atoms with van der Waals surface area (Å²) >= 11 is 0. The second-order valence-corrected chi connectivity index (χ2v) is 9.00. The highest BCUT2D eigenvalue weighted by molar-refractivity contribution is 6.07. The minimum Gasteiger partial charge on any atom is -0.497 e. The Hall–Kier alpha value is -3.42. The highest BCUT2D eigenvalue weighted by Gasteiger charge is 2.51. The Bertz CT molecular complexity index is 1030. The van der Waals surface area contributed by atoms with Crippen LogP contribution in [0, 0.1) is 5.82 Å². The Morgan fingerprint density at radius 2 is 1.76 bits per heavy atom. The number of methoxy groups -OCH3 is 1. The van der Waals surface area contributed by atoms with Gasteiger partial charge in [0.1, 0.15) is 17.1 Å². The third kappa shape index (κ3) is 5.21. The Balaban J connectivity index is 1.42. The first kappa shape index (κ1) is 23.7. The number of hydrogen-bond acceptors (Lipinski definition) is 4. The molecule has 2 N–H and O–H groups in total. The summed E-state index contributed by atoms with van der Waals surface area (Å²) in [5.41, 5.74) is 0.950. The number of urea groups is 1. The average Bonchev–Trinajstić information content (AvgIpc) is 3.07. The maximum absolute atomic E-state index is 13.3. The molecule has 1 atom stereocenters. The first-order valence-electron chi connectivity index (χ1n) is 11.7. The van der Waals surface area contributed by atoms with Crippen LogP contribution in [0.15, 0.2) is 48.5 Å². The quantitative estimate of drug-likeness (QED) is 0.577. The number of carbonyl (C=O) groups excluding carboxylic acids is 3. The van der Waals surface area contributed by atoms with E-state index in [1.165, 1.54) is 17.0 Å². The average molecular weight is 468 g/mol. The van der Waals surface area contributed by atoms with Crippen molar-refractivity contribution in [2.75, 3.05) is 13.7 Å². The molecule has 7 nitrogen and oxygen atoms in total. The van der Waals surface area contributed by atoms with Gasteiger partial charge in [0.25, 0.3) is 5.91 Å². The number of ether oxygens (including phenoxy) is 1. The van der Waals surface area contributed by atoms with Crippen LogP contribution in [-0.2, 0) is 16.0 Å². The monoisotopic (exact) mass is 467 g/mol. The molecule has 4 amide bonds. The summed E-state index contributed by atoms with van der Waals surface area (Å²) < 4.78 is 18.6. The van der Waals surface area contributed by atoms with E-state index >= 15 is 0 Å². The molecule has 2 aromatic rings. The van der Waals surface area contributed by atoms with Gasteiger partial charge in [0, 0.05) is 13.0 Å². The van der Waals surface area contributed by atoms with Crippen molar-refractivity contribution >= 4 is 17.8 Å². The molecule has 8 heteroatoms. The molecule has 1 aliphatic heterocycles. The largest absolute Gasteiger partial charge is 0.497 e. The zero-order valence-electron chi connectivity index (χ0n) is 19.3. The molecule has 2 aromatic carbocycles. The van der Waals surface area contributed by atoms with Crippen LogP contribution in [-0.4, -0.2) is 41.9 Å². The van der Waals surface area contributed by atoms with Crippen LogP contribution in [0.5, 0.6) is 5.75 Å². The van der Waals surface area contributed by atoms with Crippen LogP contribution in [0.2, 0.25) is 0 Å². The molecule has 1 saturated carbocycles. The van der Waals surface area contributed by atoms with E-state index in [1.54, 1.807) is 19.2 Å². The molecule has 0 radical (unpaired) electrons. The number of carbonyl (C=O) groups is 3. The Kier molecular flexibility index (Phi) is 7.14. The fraction of sp³-hybridized carbons (Fsp3) is 0.423. The summed E-state index contributed by atoms with van der Waals surface area (Å²) in [6.45, 7) is 0.0319. The molecule has 2 fully saturated rings. The summed E-state index contributed by atoms with van der Waals surface area (Å²) in [7, 11) is 1.58. The SMILES string of the molecule is COc1ccc(C(Cc2ccc(F)cc2)NC(=O)CCN2C(=O)NC3(CCCCC3)C2=O)cc1. The van der Waals surface area contributed by atoms with Crippen LogP contribution >= 0.6 is 0 Å². The number of halogens is 1. The molecule has 1 aliphatic carbocycles. The molecule has 34 heavy (non-hydrogen) atoms. The topological polar surface area (TPSA) is 87.7 Å². The highest BCUT2D eigenvalue weighted by Crippen LogP contribution is 2.33. The lowest BCUT2D eigenvalue weighted by Gasteiger charge is -2.30. The molecule has 0 bridgehead atoms. The first-order chi connectivity index (χ1) is 16.4. The molecule has 1 spiro atoms.